The molecule has 0 aliphatic rings. The Labute approximate surface area is 149 Å². The van der Waals surface area contributed by atoms with E-state index in [1.54, 1.807) is 29.8 Å². The molecule has 0 amide bonds. The second kappa shape index (κ2) is 6.53. The fourth-order valence-electron chi connectivity index (χ4n) is 2.78. The molecule has 0 saturated heterocycles. The lowest BCUT2D eigenvalue weighted by molar-refractivity contribution is 0.475. The molecule has 2 aromatic heterocycles. The van der Waals surface area contributed by atoms with Crippen LogP contribution in [0, 0.1) is 0 Å². The summed E-state index contributed by atoms with van der Waals surface area (Å²) in [5.74, 6) is 1.01. The summed E-state index contributed by atoms with van der Waals surface area (Å²) in [4.78, 5) is 9.79. The second-order valence-electron chi connectivity index (χ2n) is 5.77. The van der Waals surface area contributed by atoms with Crippen LogP contribution in [-0.4, -0.2) is 15.1 Å². The molecular formula is C20H17N3OS. The molecule has 0 saturated carbocycles. The van der Waals surface area contributed by atoms with Crippen LogP contribution >= 0.6 is 11.3 Å². The Balaban J connectivity index is 1.79. The SMILES string of the molecule is CCc1ccc(-c2csc3ncnc(Nc4ccc(O)cc4)c23)cc1. The highest BCUT2D eigenvalue weighted by Crippen LogP contribution is 2.37. The van der Waals surface area contributed by atoms with Crippen molar-refractivity contribution in [1.82, 2.24) is 9.97 Å². The molecular weight excluding hydrogens is 330 g/mol. The first-order valence-corrected chi connectivity index (χ1v) is 9.00. The topological polar surface area (TPSA) is 58.0 Å². The van der Waals surface area contributed by atoms with Gasteiger partial charge >= 0.3 is 0 Å². The van der Waals surface area contributed by atoms with E-state index >= 15 is 0 Å². The third-order valence-electron chi connectivity index (χ3n) is 4.17. The van der Waals surface area contributed by atoms with Crippen LogP contribution in [0.5, 0.6) is 5.75 Å². The summed E-state index contributed by atoms with van der Waals surface area (Å²) in [6.07, 6.45) is 2.60. The number of hydrogen-bond donors (Lipinski definition) is 2. The van der Waals surface area contributed by atoms with Crippen molar-refractivity contribution in [1.29, 1.82) is 0 Å². The van der Waals surface area contributed by atoms with Crippen LogP contribution in [0.15, 0.2) is 60.2 Å². The number of nitrogens with one attached hydrogen (secondary N) is 1. The molecule has 0 aliphatic heterocycles. The average molecular weight is 347 g/mol. The molecule has 5 heteroatoms. The van der Waals surface area contributed by atoms with Crippen LogP contribution in [0.3, 0.4) is 0 Å². The lowest BCUT2D eigenvalue weighted by Crippen LogP contribution is -1.95. The average Bonchev–Trinajstić information content (AvgIpc) is 3.09. The summed E-state index contributed by atoms with van der Waals surface area (Å²) in [6, 6.07) is 15.6. The van der Waals surface area contributed by atoms with Crippen molar-refractivity contribution in [3.05, 3.63) is 65.8 Å². The van der Waals surface area contributed by atoms with E-state index in [0.29, 0.717) is 0 Å². The van der Waals surface area contributed by atoms with Gasteiger partial charge in [-0.3, -0.25) is 0 Å². The van der Waals surface area contributed by atoms with Crippen molar-refractivity contribution in [2.75, 3.05) is 5.32 Å². The highest BCUT2D eigenvalue weighted by atomic mass is 32.1. The molecule has 4 rings (SSSR count). The number of thiophene rings is 1. The third kappa shape index (κ3) is 3.06. The van der Waals surface area contributed by atoms with E-state index in [1.165, 1.54) is 5.56 Å². The first-order valence-electron chi connectivity index (χ1n) is 8.12. The van der Waals surface area contributed by atoms with E-state index in [-0.39, 0.29) is 5.75 Å². The summed E-state index contributed by atoms with van der Waals surface area (Å²) in [7, 11) is 0. The van der Waals surface area contributed by atoms with Crippen LogP contribution in [0.2, 0.25) is 0 Å². The number of benzene rings is 2. The Morgan fingerprint density at radius 1 is 1.00 bits per heavy atom. The van der Waals surface area contributed by atoms with Crippen molar-refractivity contribution in [3.8, 4) is 16.9 Å². The highest BCUT2D eigenvalue weighted by Gasteiger charge is 2.13. The molecule has 0 fully saturated rings. The number of nitrogens with zero attached hydrogens (tertiary/aromatic N) is 2. The minimum atomic E-state index is 0.241. The maximum atomic E-state index is 9.45. The number of aryl methyl sites for hydroxylation is 1. The summed E-state index contributed by atoms with van der Waals surface area (Å²) in [6.45, 7) is 2.16. The first kappa shape index (κ1) is 15.6. The quantitative estimate of drug-likeness (QED) is 0.487. The van der Waals surface area contributed by atoms with E-state index in [9.17, 15) is 5.11 Å². The molecule has 0 unspecified atom stereocenters. The number of hydrogen-bond acceptors (Lipinski definition) is 5. The van der Waals surface area contributed by atoms with E-state index in [4.69, 9.17) is 0 Å². The smallest absolute Gasteiger partial charge is 0.143 e. The zero-order valence-electron chi connectivity index (χ0n) is 13.7. The Hall–Kier alpha value is -2.92. The number of fused-ring (bicyclic) bond motifs is 1. The van der Waals surface area contributed by atoms with Gasteiger partial charge in [-0.2, -0.15) is 0 Å². The molecule has 0 bridgehead atoms. The fraction of sp³-hybridized carbons (Fsp3) is 0.100. The van der Waals surface area contributed by atoms with Gasteiger partial charge < -0.3 is 10.4 Å². The number of anilines is 2. The van der Waals surface area contributed by atoms with E-state index in [2.05, 4.69) is 51.9 Å². The Kier molecular flexibility index (Phi) is 4.07. The maximum absolute atomic E-state index is 9.45. The standard InChI is InChI=1S/C20H17N3OS/c1-2-13-3-5-14(6-4-13)17-11-25-20-18(17)19(21-12-22-20)23-15-7-9-16(24)10-8-15/h3-12,24H,2H2,1H3,(H,21,22,23). The molecule has 2 N–H and O–H groups in total. The van der Waals surface area contributed by atoms with E-state index in [0.717, 1.165) is 39.3 Å². The molecule has 2 aromatic carbocycles. The molecule has 2 heterocycles. The molecule has 25 heavy (non-hydrogen) atoms. The third-order valence-corrected chi connectivity index (χ3v) is 5.06. The Bertz CT molecular complexity index is 1010. The molecule has 4 aromatic rings. The number of phenols is 1. The molecule has 0 spiro atoms. The summed E-state index contributed by atoms with van der Waals surface area (Å²) in [5, 5.41) is 15.9. The predicted molar refractivity (Wildman–Crippen MR) is 104 cm³/mol. The zero-order chi connectivity index (χ0) is 17.2. The predicted octanol–water partition coefficient (Wildman–Crippen LogP) is 5.37. The zero-order valence-corrected chi connectivity index (χ0v) is 14.5. The van der Waals surface area contributed by atoms with Gasteiger partial charge in [-0.15, -0.1) is 11.3 Å². The van der Waals surface area contributed by atoms with E-state index in [1.807, 2.05) is 12.1 Å². The summed E-state index contributed by atoms with van der Waals surface area (Å²) >= 11 is 1.61. The number of aromatic hydroxyl groups is 1. The molecule has 4 nitrogen and oxygen atoms in total. The lowest BCUT2D eigenvalue weighted by Gasteiger charge is -2.09. The Morgan fingerprint density at radius 2 is 1.76 bits per heavy atom. The minimum absolute atomic E-state index is 0.241. The molecule has 124 valence electrons. The maximum Gasteiger partial charge on any atom is 0.143 e. The van der Waals surface area contributed by atoms with Crippen molar-refractivity contribution >= 4 is 33.1 Å². The van der Waals surface area contributed by atoms with Crippen LogP contribution in [0.1, 0.15) is 12.5 Å². The van der Waals surface area contributed by atoms with Crippen LogP contribution in [-0.2, 0) is 6.42 Å². The van der Waals surface area contributed by atoms with Crippen molar-refractivity contribution in [2.24, 2.45) is 0 Å². The second-order valence-corrected chi connectivity index (χ2v) is 6.63. The van der Waals surface area contributed by atoms with Gasteiger partial charge in [-0.25, -0.2) is 9.97 Å². The van der Waals surface area contributed by atoms with Gasteiger partial charge in [0.2, 0.25) is 0 Å². The molecule has 0 radical (unpaired) electrons. The van der Waals surface area contributed by atoms with Crippen molar-refractivity contribution < 1.29 is 5.11 Å². The van der Waals surface area contributed by atoms with Gasteiger partial charge in [0.15, 0.2) is 0 Å². The summed E-state index contributed by atoms with van der Waals surface area (Å²) < 4.78 is 0. The summed E-state index contributed by atoms with van der Waals surface area (Å²) in [5.41, 5.74) is 4.48. The van der Waals surface area contributed by atoms with Gasteiger partial charge in [-0.1, -0.05) is 31.2 Å². The molecule has 0 aliphatic carbocycles. The number of rotatable bonds is 4. The highest BCUT2D eigenvalue weighted by molar-refractivity contribution is 7.17. The first-order chi connectivity index (χ1) is 12.2. The molecule has 0 atom stereocenters. The minimum Gasteiger partial charge on any atom is -0.508 e. The van der Waals surface area contributed by atoms with Gasteiger partial charge in [0, 0.05) is 16.6 Å². The van der Waals surface area contributed by atoms with E-state index < -0.39 is 0 Å². The largest absolute Gasteiger partial charge is 0.508 e. The van der Waals surface area contributed by atoms with Crippen LogP contribution < -0.4 is 5.32 Å². The van der Waals surface area contributed by atoms with Crippen molar-refractivity contribution in [2.45, 2.75) is 13.3 Å². The normalized spacial score (nSPS) is 10.9. The van der Waals surface area contributed by atoms with Crippen LogP contribution in [0.4, 0.5) is 11.5 Å². The van der Waals surface area contributed by atoms with Gasteiger partial charge in [0.1, 0.15) is 22.7 Å². The van der Waals surface area contributed by atoms with Crippen LogP contribution in [0.25, 0.3) is 21.3 Å². The van der Waals surface area contributed by atoms with Gasteiger partial charge in [0.05, 0.1) is 5.39 Å². The van der Waals surface area contributed by atoms with Crippen molar-refractivity contribution in [3.63, 3.8) is 0 Å². The lowest BCUT2D eigenvalue weighted by atomic mass is 10.0. The van der Waals surface area contributed by atoms with Gasteiger partial charge in [-0.05, 0) is 41.8 Å². The van der Waals surface area contributed by atoms with Gasteiger partial charge in [0.25, 0.3) is 0 Å². The Morgan fingerprint density at radius 3 is 2.48 bits per heavy atom. The fourth-order valence-corrected chi connectivity index (χ4v) is 3.70. The number of phenolic OH excluding ortho intramolecular Hbond substituents is 1. The monoisotopic (exact) mass is 347 g/mol. The number of aromatic nitrogens is 2.